The Hall–Kier alpha value is -4.22. The molecule has 0 aliphatic rings. The van der Waals surface area contributed by atoms with Crippen LogP contribution in [0.4, 0.5) is 21.5 Å². The van der Waals surface area contributed by atoms with E-state index >= 15 is 0 Å². The maximum absolute atomic E-state index is 13.3. The lowest BCUT2D eigenvalue weighted by Gasteiger charge is -2.24. The molecule has 0 fully saturated rings. The van der Waals surface area contributed by atoms with Gasteiger partial charge in [-0.25, -0.2) is 21.2 Å². The lowest BCUT2D eigenvalue weighted by molar-refractivity contribution is -0.114. The van der Waals surface area contributed by atoms with E-state index in [1.807, 2.05) is 0 Å². The van der Waals surface area contributed by atoms with Gasteiger partial charge in [0.1, 0.15) is 12.4 Å². The summed E-state index contributed by atoms with van der Waals surface area (Å²) in [5.74, 6) is -1.25. The Morgan fingerprint density at radius 2 is 1.22 bits per heavy atom. The molecule has 8 nitrogen and oxygen atoms in total. The Bertz CT molecular complexity index is 1580. The molecule has 0 heterocycles. The van der Waals surface area contributed by atoms with Gasteiger partial charge < -0.3 is 5.32 Å². The molecular weight excluding hydrogens is 517 g/mol. The third-order valence-corrected chi connectivity index (χ3v) is 8.39. The molecule has 0 saturated carbocycles. The van der Waals surface area contributed by atoms with Gasteiger partial charge in [0.2, 0.25) is 5.91 Å². The van der Waals surface area contributed by atoms with Gasteiger partial charge in [0.15, 0.2) is 0 Å². The third kappa shape index (κ3) is 6.32. The number of sulfonamides is 2. The van der Waals surface area contributed by atoms with E-state index in [4.69, 9.17) is 0 Å². The number of nitrogens with zero attached hydrogens (tertiary/aromatic N) is 1. The summed E-state index contributed by atoms with van der Waals surface area (Å²) < 4.78 is 68.5. The number of rotatable bonds is 9. The molecule has 0 aliphatic carbocycles. The normalized spacial score (nSPS) is 11.5. The molecule has 0 spiro atoms. The molecule has 190 valence electrons. The van der Waals surface area contributed by atoms with Gasteiger partial charge in [-0.15, -0.1) is 0 Å². The first kappa shape index (κ1) is 25.9. The number of hydrogen-bond acceptors (Lipinski definition) is 5. The van der Waals surface area contributed by atoms with Crippen molar-refractivity contribution in [2.75, 3.05) is 20.9 Å². The fourth-order valence-corrected chi connectivity index (χ4v) is 5.89. The second kappa shape index (κ2) is 10.8. The highest BCUT2D eigenvalue weighted by Crippen LogP contribution is 2.24. The summed E-state index contributed by atoms with van der Waals surface area (Å²) in [4.78, 5) is 12.7. The van der Waals surface area contributed by atoms with E-state index in [-0.39, 0.29) is 21.2 Å². The van der Waals surface area contributed by atoms with Gasteiger partial charge in [-0.2, -0.15) is 0 Å². The molecule has 11 heteroatoms. The van der Waals surface area contributed by atoms with Crippen LogP contribution in [0.15, 0.2) is 119 Å². The standard InChI is InChI=1S/C26H22FN3O5S2/c27-20-11-15-25(16-12-20)37(34,35)30(23-9-5-2-6-10-23)19-26(31)28-21-13-17-24(18-14-21)36(32,33)29-22-7-3-1-4-8-22/h1-18,29H,19H2,(H,28,31). The monoisotopic (exact) mass is 539 g/mol. The number of benzene rings is 4. The zero-order valence-electron chi connectivity index (χ0n) is 19.3. The first-order chi connectivity index (χ1) is 17.6. The van der Waals surface area contributed by atoms with Crippen molar-refractivity contribution >= 4 is 43.0 Å². The molecule has 0 bridgehead atoms. The summed E-state index contributed by atoms with van der Waals surface area (Å²) in [5.41, 5.74) is 0.925. The fraction of sp³-hybridized carbons (Fsp3) is 0.0385. The lowest BCUT2D eigenvalue weighted by atomic mass is 10.3. The average molecular weight is 540 g/mol. The van der Waals surface area contributed by atoms with Crippen molar-refractivity contribution in [3.8, 4) is 0 Å². The first-order valence-corrected chi connectivity index (χ1v) is 13.9. The second-order valence-electron chi connectivity index (χ2n) is 7.85. The molecule has 1 amide bonds. The molecule has 37 heavy (non-hydrogen) atoms. The van der Waals surface area contributed by atoms with E-state index in [2.05, 4.69) is 10.0 Å². The van der Waals surface area contributed by atoms with Gasteiger partial charge in [-0.1, -0.05) is 36.4 Å². The molecule has 2 N–H and O–H groups in total. The molecule has 0 saturated heterocycles. The van der Waals surface area contributed by atoms with E-state index in [1.165, 1.54) is 36.4 Å². The molecule has 4 aromatic carbocycles. The van der Waals surface area contributed by atoms with Crippen LogP contribution in [0, 0.1) is 5.82 Å². The first-order valence-electron chi connectivity index (χ1n) is 11.0. The quantitative estimate of drug-likeness (QED) is 0.326. The van der Waals surface area contributed by atoms with Crippen LogP contribution in [0.25, 0.3) is 0 Å². The van der Waals surface area contributed by atoms with Crippen molar-refractivity contribution in [2.45, 2.75) is 9.79 Å². The van der Waals surface area contributed by atoms with Crippen LogP contribution in [-0.2, 0) is 24.8 Å². The smallest absolute Gasteiger partial charge is 0.264 e. The van der Waals surface area contributed by atoms with E-state index in [1.54, 1.807) is 48.5 Å². The van der Waals surface area contributed by atoms with Gasteiger partial charge in [0, 0.05) is 11.4 Å². The number of amides is 1. The van der Waals surface area contributed by atoms with Gasteiger partial charge in [0.25, 0.3) is 20.0 Å². The topological polar surface area (TPSA) is 113 Å². The molecule has 4 aromatic rings. The highest BCUT2D eigenvalue weighted by Gasteiger charge is 2.27. The van der Waals surface area contributed by atoms with Crippen molar-refractivity contribution < 1.29 is 26.0 Å². The average Bonchev–Trinajstić information content (AvgIpc) is 2.88. The number of anilines is 3. The minimum absolute atomic E-state index is 0.0147. The summed E-state index contributed by atoms with van der Waals surface area (Å²) in [6.45, 7) is -0.570. The van der Waals surface area contributed by atoms with Crippen molar-refractivity contribution in [3.63, 3.8) is 0 Å². The van der Waals surface area contributed by atoms with Crippen molar-refractivity contribution in [2.24, 2.45) is 0 Å². The Labute approximate surface area is 214 Å². The highest BCUT2D eigenvalue weighted by molar-refractivity contribution is 7.93. The number of carbonyl (C=O) groups excluding carboxylic acids is 1. The maximum atomic E-state index is 13.3. The largest absolute Gasteiger partial charge is 0.325 e. The molecule has 0 unspecified atom stereocenters. The van der Waals surface area contributed by atoms with Crippen LogP contribution in [-0.4, -0.2) is 29.3 Å². The third-order valence-electron chi connectivity index (χ3n) is 5.21. The molecule has 0 aromatic heterocycles. The molecule has 0 aliphatic heterocycles. The highest BCUT2D eigenvalue weighted by atomic mass is 32.2. The van der Waals surface area contributed by atoms with E-state index in [0.29, 0.717) is 5.69 Å². The minimum atomic E-state index is -4.20. The van der Waals surface area contributed by atoms with Crippen LogP contribution in [0.5, 0.6) is 0 Å². The molecule has 4 rings (SSSR count). The van der Waals surface area contributed by atoms with Gasteiger partial charge in [-0.05, 0) is 72.8 Å². The number of hydrogen-bond donors (Lipinski definition) is 2. The van der Waals surface area contributed by atoms with Crippen molar-refractivity contribution in [1.82, 2.24) is 0 Å². The number of carbonyl (C=O) groups is 1. The second-order valence-corrected chi connectivity index (χ2v) is 11.4. The minimum Gasteiger partial charge on any atom is -0.325 e. The van der Waals surface area contributed by atoms with E-state index < -0.39 is 38.3 Å². The lowest BCUT2D eigenvalue weighted by Crippen LogP contribution is -2.38. The number of halogens is 1. The summed E-state index contributed by atoms with van der Waals surface area (Å²) in [6, 6.07) is 26.2. The SMILES string of the molecule is O=C(CN(c1ccccc1)S(=O)(=O)c1ccc(F)cc1)Nc1ccc(S(=O)(=O)Nc2ccccc2)cc1. The van der Waals surface area contributed by atoms with Crippen molar-refractivity contribution in [3.05, 3.63) is 115 Å². The van der Waals surface area contributed by atoms with Crippen LogP contribution in [0.3, 0.4) is 0 Å². The van der Waals surface area contributed by atoms with Crippen LogP contribution < -0.4 is 14.3 Å². The Morgan fingerprint density at radius 3 is 1.81 bits per heavy atom. The predicted molar refractivity (Wildman–Crippen MR) is 140 cm³/mol. The maximum Gasteiger partial charge on any atom is 0.264 e. The van der Waals surface area contributed by atoms with Crippen molar-refractivity contribution in [1.29, 1.82) is 0 Å². The summed E-state index contributed by atoms with van der Waals surface area (Å²) in [7, 11) is -8.04. The Kier molecular flexibility index (Phi) is 7.55. The summed E-state index contributed by atoms with van der Waals surface area (Å²) in [5, 5.41) is 2.58. The van der Waals surface area contributed by atoms with Gasteiger partial charge >= 0.3 is 0 Å². The number of para-hydroxylation sites is 2. The van der Waals surface area contributed by atoms with Crippen LogP contribution in [0.2, 0.25) is 0 Å². The predicted octanol–water partition coefficient (Wildman–Crippen LogP) is 4.46. The number of nitrogens with one attached hydrogen (secondary N) is 2. The van der Waals surface area contributed by atoms with E-state index in [9.17, 15) is 26.0 Å². The summed E-state index contributed by atoms with van der Waals surface area (Å²) in [6.07, 6.45) is 0. The Balaban J connectivity index is 1.51. The molecule has 0 atom stereocenters. The fourth-order valence-electron chi connectivity index (χ4n) is 3.41. The molecular formula is C26H22FN3O5S2. The van der Waals surface area contributed by atoms with E-state index in [0.717, 1.165) is 28.6 Å². The summed E-state index contributed by atoms with van der Waals surface area (Å²) >= 11 is 0. The zero-order chi connectivity index (χ0) is 26.5. The van der Waals surface area contributed by atoms with Crippen LogP contribution in [0.1, 0.15) is 0 Å². The molecule has 0 radical (unpaired) electrons. The van der Waals surface area contributed by atoms with Gasteiger partial charge in [-0.3, -0.25) is 13.8 Å². The zero-order valence-corrected chi connectivity index (χ0v) is 20.9. The van der Waals surface area contributed by atoms with Gasteiger partial charge in [0.05, 0.1) is 15.5 Å². The van der Waals surface area contributed by atoms with Crippen LogP contribution >= 0.6 is 0 Å². The Morgan fingerprint density at radius 1 is 0.676 bits per heavy atom.